The fourth-order valence-corrected chi connectivity index (χ4v) is 0.620. The molecule has 0 aliphatic rings. The van der Waals surface area contributed by atoms with Crippen LogP contribution in [0.5, 0.6) is 0 Å². The molecule has 0 saturated heterocycles. The van der Waals surface area contributed by atoms with Gasteiger partial charge in [-0.3, -0.25) is 4.79 Å². The number of halogens is 2. The molecular formula is C6H12BrClO. The molecule has 0 aliphatic heterocycles. The van der Waals surface area contributed by atoms with Crippen LogP contribution in [0.2, 0.25) is 0 Å². The van der Waals surface area contributed by atoms with Crippen LogP contribution < -0.4 is 0 Å². The van der Waals surface area contributed by atoms with Crippen molar-refractivity contribution in [3.8, 4) is 0 Å². The van der Waals surface area contributed by atoms with Gasteiger partial charge in [-0.25, -0.2) is 0 Å². The molecule has 9 heavy (non-hydrogen) atoms. The van der Waals surface area contributed by atoms with E-state index < -0.39 is 0 Å². The summed E-state index contributed by atoms with van der Waals surface area (Å²) < 4.78 is 0. The first-order valence-electron chi connectivity index (χ1n) is 3.01. The van der Waals surface area contributed by atoms with Gasteiger partial charge in [0.15, 0.2) is 0 Å². The molecule has 56 valence electrons. The van der Waals surface area contributed by atoms with Crippen LogP contribution in [0, 0.1) is 0 Å². The maximum atomic E-state index is 9.95. The van der Waals surface area contributed by atoms with Crippen molar-refractivity contribution in [2.75, 3.05) is 5.33 Å². The third-order valence-corrected chi connectivity index (χ3v) is 1.26. The van der Waals surface area contributed by atoms with Gasteiger partial charge in [0, 0.05) is 11.8 Å². The van der Waals surface area contributed by atoms with Gasteiger partial charge in [-0.15, -0.1) is 0 Å². The molecule has 0 aromatic heterocycles. The lowest BCUT2D eigenvalue weighted by atomic mass is 10.4. The average molecular weight is 216 g/mol. The minimum Gasteiger partial charge on any atom is -0.281 e. The molecule has 0 aromatic carbocycles. The molecule has 0 radical (unpaired) electrons. The molecule has 0 bridgehead atoms. The summed E-state index contributed by atoms with van der Waals surface area (Å²) in [6.07, 6.45) is 1.31. The highest BCUT2D eigenvalue weighted by molar-refractivity contribution is 9.09. The number of alkyl halides is 1. The van der Waals surface area contributed by atoms with Crippen molar-refractivity contribution in [2.45, 2.75) is 26.7 Å². The third-order valence-electron chi connectivity index (χ3n) is 0.507. The predicted octanol–water partition coefficient (Wildman–Crippen LogP) is 2.95. The Morgan fingerprint density at radius 2 is 2.00 bits per heavy atom. The van der Waals surface area contributed by atoms with Gasteiger partial charge in [0.25, 0.3) is 0 Å². The van der Waals surface area contributed by atoms with E-state index in [9.17, 15) is 4.79 Å². The fraction of sp³-hybridized carbons (Fsp3) is 0.833. The normalized spacial score (nSPS) is 7.56. The lowest BCUT2D eigenvalue weighted by Gasteiger charge is -1.83. The Morgan fingerprint density at radius 3 is 2.11 bits per heavy atom. The van der Waals surface area contributed by atoms with Crippen LogP contribution in [0.3, 0.4) is 0 Å². The van der Waals surface area contributed by atoms with Crippen LogP contribution in [-0.4, -0.2) is 10.6 Å². The van der Waals surface area contributed by atoms with Gasteiger partial charge in [-0.1, -0.05) is 29.8 Å². The van der Waals surface area contributed by atoms with E-state index in [2.05, 4.69) is 15.9 Å². The van der Waals surface area contributed by atoms with Crippen LogP contribution in [-0.2, 0) is 4.79 Å². The van der Waals surface area contributed by atoms with Crippen molar-refractivity contribution in [3.63, 3.8) is 0 Å². The third kappa shape index (κ3) is 17.8. The van der Waals surface area contributed by atoms with Gasteiger partial charge in [0.05, 0.1) is 0 Å². The topological polar surface area (TPSA) is 17.1 Å². The van der Waals surface area contributed by atoms with Crippen molar-refractivity contribution >= 4 is 32.8 Å². The number of rotatable bonds is 3. The Bertz CT molecular complexity index is 66.1. The van der Waals surface area contributed by atoms with Gasteiger partial charge in [-0.2, -0.15) is 0 Å². The average Bonchev–Trinajstić information content (AvgIpc) is 1.88. The van der Waals surface area contributed by atoms with Crippen molar-refractivity contribution in [1.82, 2.24) is 0 Å². The molecule has 0 saturated carbocycles. The minimum atomic E-state index is -0.251. The lowest BCUT2D eigenvalue weighted by molar-refractivity contribution is -0.111. The van der Waals surface area contributed by atoms with Gasteiger partial charge in [0.1, 0.15) is 0 Å². The SMILES string of the molecule is CC.O=C(Cl)CCCBr. The van der Waals surface area contributed by atoms with Crippen LogP contribution in [0.4, 0.5) is 0 Å². The highest BCUT2D eigenvalue weighted by atomic mass is 79.9. The Labute approximate surface area is 69.9 Å². The smallest absolute Gasteiger partial charge is 0.221 e. The fourth-order valence-electron chi connectivity index (χ4n) is 0.206. The van der Waals surface area contributed by atoms with Gasteiger partial charge < -0.3 is 0 Å². The van der Waals surface area contributed by atoms with Crippen molar-refractivity contribution in [3.05, 3.63) is 0 Å². The molecule has 0 aliphatic carbocycles. The quantitative estimate of drug-likeness (QED) is 0.523. The van der Waals surface area contributed by atoms with E-state index in [-0.39, 0.29) is 5.24 Å². The molecule has 0 atom stereocenters. The number of hydrogen-bond acceptors (Lipinski definition) is 1. The Morgan fingerprint density at radius 1 is 1.56 bits per heavy atom. The molecule has 1 nitrogen and oxygen atoms in total. The maximum absolute atomic E-state index is 9.95. The summed E-state index contributed by atoms with van der Waals surface area (Å²) in [5.41, 5.74) is 0. The van der Waals surface area contributed by atoms with E-state index >= 15 is 0 Å². The second-order valence-corrected chi connectivity index (χ2v) is 2.36. The van der Waals surface area contributed by atoms with E-state index in [1.54, 1.807) is 0 Å². The first-order valence-corrected chi connectivity index (χ1v) is 4.51. The number of carbonyl (C=O) groups excluding carboxylic acids is 1. The largest absolute Gasteiger partial charge is 0.281 e. The van der Waals surface area contributed by atoms with Gasteiger partial charge in [-0.05, 0) is 18.0 Å². The summed E-state index contributed by atoms with van der Waals surface area (Å²) in [5, 5.41) is 0.602. The zero-order valence-corrected chi connectivity index (χ0v) is 8.13. The number of hydrogen-bond donors (Lipinski definition) is 0. The summed E-state index contributed by atoms with van der Waals surface area (Å²) >= 11 is 8.16. The molecule has 0 unspecified atom stereocenters. The van der Waals surface area contributed by atoms with Crippen molar-refractivity contribution in [2.24, 2.45) is 0 Å². The van der Waals surface area contributed by atoms with Crippen LogP contribution in [0.25, 0.3) is 0 Å². The van der Waals surface area contributed by atoms with E-state index in [1.807, 2.05) is 13.8 Å². The second-order valence-electron chi connectivity index (χ2n) is 1.15. The Hall–Kier alpha value is 0.440. The van der Waals surface area contributed by atoms with Crippen LogP contribution in [0.1, 0.15) is 26.7 Å². The molecule has 0 heterocycles. The Kier molecular flexibility index (Phi) is 15.2. The van der Waals surface area contributed by atoms with Gasteiger partial charge >= 0.3 is 0 Å². The predicted molar refractivity (Wildman–Crippen MR) is 45.2 cm³/mol. The summed E-state index contributed by atoms with van der Waals surface area (Å²) in [6.45, 7) is 4.00. The Balaban J connectivity index is 0. The molecule has 3 heteroatoms. The van der Waals surface area contributed by atoms with E-state index in [0.29, 0.717) is 6.42 Å². The second kappa shape index (κ2) is 11.3. The van der Waals surface area contributed by atoms with E-state index in [0.717, 1.165) is 11.8 Å². The number of carbonyl (C=O) groups is 1. The maximum Gasteiger partial charge on any atom is 0.221 e. The lowest BCUT2D eigenvalue weighted by Crippen LogP contribution is -1.84. The highest BCUT2D eigenvalue weighted by Gasteiger charge is 1.91. The zero-order valence-electron chi connectivity index (χ0n) is 5.79. The first kappa shape index (κ1) is 12.1. The zero-order chi connectivity index (χ0) is 7.70. The highest BCUT2D eigenvalue weighted by Crippen LogP contribution is 1.96. The molecule has 0 spiro atoms. The molecule has 0 aromatic rings. The van der Waals surface area contributed by atoms with Crippen LogP contribution >= 0.6 is 27.5 Å². The monoisotopic (exact) mass is 214 g/mol. The molecule has 0 fully saturated rings. The van der Waals surface area contributed by atoms with E-state index in [1.165, 1.54) is 0 Å². The molecule has 0 N–H and O–H groups in total. The van der Waals surface area contributed by atoms with Gasteiger partial charge in [0.2, 0.25) is 5.24 Å². The van der Waals surface area contributed by atoms with Crippen LogP contribution in [0.15, 0.2) is 0 Å². The first-order chi connectivity index (χ1) is 4.27. The van der Waals surface area contributed by atoms with E-state index in [4.69, 9.17) is 11.6 Å². The molecule has 0 rings (SSSR count). The summed E-state index contributed by atoms with van der Waals surface area (Å²) in [6, 6.07) is 0. The van der Waals surface area contributed by atoms with Crippen molar-refractivity contribution < 1.29 is 4.79 Å². The summed E-state index contributed by atoms with van der Waals surface area (Å²) in [5.74, 6) is 0. The summed E-state index contributed by atoms with van der Waals surface area (Å²) in [7, 11) is 0. The minimum absolute atomic E-state index is 0.251. The molecular weight excluding hydrogens is 203 g/mol. The summed E-state index contributed by atoms with van der Waals surface area (Å²) in [4.78, 5) is 9.95. The standard InChI is InChI=1S/C4H6BrClO.C2H6/c5-3-1-2-4(6)7;1-2/h1-3H2;1-2H3. The van der Waals surface area contributed by atoms with Crippen molar-refractivity contribution in [1.29, 1.82) is 0 Å². The molecule has 0 amide bonds.